The number of nitrogens with zero attached hydrogens (tertiary/aromatic N) is 5. The molecule has 266 valence electrons. The SMILES string of the molecule is c1ccc(-c2ccc(-c3nc(-c4ccc(-c5ccccc5)cc4)nc(-c4ccc(-c5ccc6c(c5)c5ccccc5c5nc7ccccn7c65)cc4)n3)cc2)cc1. The smallest absolute Gasteiger partial charge is 0.164 e. The van der Waals surface area contributed by atoms with Crippen LogP contribution in [-0.4, -0.2) is 24.3 Å². The Morgan fingerprint density at radius 2 is 0.702 bits per heavy atom. The maximum Gasteiger partial charge on any atom is 0.164 e. The molecule has 0 bridgehead atoms. The third kappa shape index (κ3) is 5.81. The lowest BCUT2D eigenvalue weighted by atomic mass is 9.95. The first-order valence-corrected chi connectivity index (χ1v) is 19.1. The van der Waals surface area contributed by atoms with Gasteiger partial charge in [-0.05, 0) is 62.4 Å². The molecule has 0 unspecified atom stereocenters. The molecule has 8 aromatic carbocycles. The van der Waals surface area contributed by atoms with E-state index in [2.05, 4.69) is 187 Å². The molecule has 57 heavy (non-hydrogen) atoms. The molecule has 0 radical (unpaired) electrons. The lowest BCUT2D eigenvalue weighted by molar-refractivity contribution is 1.07. The summed E-state index contributed by atoms with van der Waals surface area (Å²) in [6.07, 6.45) is 2.10. The van der Waals surface area contributed by atoms with Crippen LogP contribution >= 0.6 is 0 Å². The highest BCUT2D eigenvalue weighted by Gasteiger charge is 2.16. The summed E-state index contributed by atoms with van der Waals surface area (Å²) in [5.74, 6) is 1.89. The first kappa shape index (κ1) is 32.7. The topological polar surface area (TPSA) is 56.0 Å². The maximum absolute atomic E-state index is 5.06. The average Bonchev–Trinajstić information content (AvgIpc) is 3.70. The van der Waals surface area contributed by atoms with Gasteiger partial charge in [0.2, 0.25) is 0 Å². The Kier molecular flexibility index (Phi) is 7.74. The number of rotatable bonds is 6. The van der Waals surface area contributed by atoms with Crippen molar-refractivity contribution in [3.05, 3.63) is 200 Å². The number of fused-ring (bicyclic) bond motifs is 8. The zero-order valence-corrected chi connectivity index (χ0v) is 30.8. The van der Waals surface area contributed by atoms with Crippen molar-refractivity contribution in [1.82, 2.24) is 24.3 Å². The molecule has 11 aromatic rings. The zero-order chi connectivity index (χ0) is 37.7. The van der Waals surface area contributed by atoms with E-state index in [1.165, 1.54) is 27.3 Å². The fourth-order valence-corrected chi connectivity index (χ4v) is 7.98. The summed E-state index contributed by atoms with van der Waals surface area (Å²) in [4.78, 5) is 20.2. The molecule has 0 saturated carbocycles. The standard InChI is InChI=1S/C52H33N5/c1-3-11-34(12-4-1)36-18-24-39(25-19-36)50-54-51(40-26-20-37(21-27-40)35-13-5-2-6-14-35)56-52(55-50)41-28-22-38(23-29-41)42-30-31-45-46(33-42)43-15-7-8-16-44(43)48-49(45)57-32-10-9-17-47(57)53-48/h1-33H. The van der Waals surface area contributed by atoms with E-state index < -0.39 is 0 Å². The van der Waals surface area contributed by atoms with Crippen LogP contribution in [0.3, 0.4) is 0 Å². The van der Waals surface area contributed by atoms with Crippen LogP contribution in [0.25, 0.3) is 106 Å². The molecule has 0 saturated heterocycles. The predicted octanol–water partition coefficient (Wildman–Crippen LogP) is 13.0. The Morgan fingerprint density at radius 3 is 1.25 bits per heavy atom. The van der Waals surface area contributed by atoms with E-state index in [1.54, 1.807) is 0 Å². The first-order chi connectivity index (χ1) is 28.2. The molecule has 3 heterocycles. The molecule has 0 amide bonds. The molecule has 5 nitrogen and oxygen atoms in total. The van der Waals surface area contributed by atoms with Gasteiger partial charge in [-0.25, -0.2) is 19.9 Å². The van der Waals surface area contributed by atoms with Gasteiger partial charge in [0.1, 0.15) is 5.65 Å². The number of imidazole rings is 1. The fourth-order valence-electron chi connectivity index (χ4n) is 7.98. The molecule has 0 aliphatic rings. The van der Waals surface area contributed by atoms with Crippen LogP contribution in [0.4, 0.5) is 0 Å². The summed E-state index contributed by atoms with van der Waals surface area (Å²) in [6, 6.07) is 67.8. The summed E-state index contributed by atoms with van der Waals surface area (Å²) in [6.45, 7) is 0. The van der Waals surface area contributed by atoms with Crippen LogP contribution in [0.15, 0.2) is 200 Å². The Bertz CT molecular complexity index is 3140. The van der Waals surface area contributed by atoms with Crippen molar-refractivity contribution < 1.29 is 0 Å². The highest BCUT2D eigenvalue weighted by Crippen LogP contribution is 2.38. The van der Waals surface area contributed by atoms with Crippen LogP contribution < -0.4 is 0 Å². The molecule has 0 atom stereocenters. The van der Waals surface area contributed by atoms with Gasteiger partial charge in [-0.15, -0.1) is 0 Å². The zero-order valence-electron chi connectivity index (χ0n) is 30.8. The van der Waals surface area contributed by atoms with Gasteiger partial charge in [0.25, 0.3) is 0 Å². The summed E-state index contributed by atoms with van der Waals surface area (Å²) in [5.41, 5.74) is 12.8. The lowest BCUT2D eigenvalue weighted by Gasteiger charge is -2.11. The second-order valence-electron chi connectivity index (χ2n) is 14.3. The van der Waals surface area contributed by atoms with Crippen molar-refractivity contribution in [3.63, 3.8) is 0 Å². The Labute approximate surface area is 329 Å². The molecular formula is C52H33N5. The monoisotopic (exact) mass is 727 g/mol. The predicted molar refractivity (Wildman–Crippen MR) is 234 cm³/mol. The minimum atomic E-state index is 0.625. The van der Waals surface area contributed by atoms with E-state index in [-0.39, 0.29) is 0 Å². The highest BCUT2D eigenvalue weighted by molar-refractivity contribution is 6.24. The highest BCUT2D eigenvalue weighted by atomic mass is 15.0. The van der Waals surface area contributed by atoms with Crippen molar-refractivity contribution in [3.8, 4) is 67.5 Å². The van der Waals surface area contributed by atoms with Crippen LogP contribution in [0.1, 0.15) is 0 Å². The minimum Gasteiger partial charge on any atom is -0.299 e. The normalized spacial score (nSPS) is 11.5. The fraction of sp³-hybridized carbons (Fsp3) is 0. The van der Waals surface area contributed by atoms with E-state index >= 15 is 0 Å². The largest absolute Gasteiger partial charge is 0.299 e. The Balaban J connectivity index is 0.995. The number of aromatic nitrogens is 5. The van der Waals surface area contributed by atoms with Gasteiger partial charge in [0, 0.05) is 33.7 Å². The van der Waals surface area contributed by atoms with Crippen LogP contribution in [0.2, 0.25) is 0 Å². The first-order valence-electron chi connectivity index (χ1n) is 19.1. The van der Waals surface area contributed by atoms with Crippen molar-refractivity contribution >= 4 is 38.2 Å². The molecule has 5 heteroatoms. The molecule has 0 N–H and O–H groups in total. The van der Waals surface area contributed by atoms with E-state index in [0.717, 1.165) is 61.0 Å². The van der Waals surface area contributed by atoms with E-state index in [9.17, 15) is 0 Å². The number of benzene rings is 8. The van der Waals surface area contributed by atoms with Crippen molar-refractivity contribution in [2.45, 2.75) is 0 Å². The molecule has 3 aromatic heterocycles. The molecule has 0 fully saturated rings. The second-order valence-corrected chi connectivity index (χ2v) is 14.3. The van der Waals surface area contributed by atoms with Crippen LogP contribution in [0, 0.1) is 0 Å². The van der Waals surface area contributed by atoms with Crippen LogP contribution in [-0.2, 0) is 0 Å². The van der Waals surface area contributed by atoms with Crippen molar-refractivity contribution in [2.75, 3.05) is 0 Å². The van der Waals surface area contributed by atoms with Gasteiger partial charge in [0.15, 0.2) is 17.5 Å². The van der Waals surface area contributed by atoms with E-state index in [4.69, 9.17) is 19.9 Å². The van der Waals surface area contributed by atoms with Gasteiger partial charge < -0.3 is 0 Å². The lowest BCUT2D eigenvalue weighted by Crippen LogP contribution is -2.00. The van der Waals surface area contributed by atoms with Gasteiger partial charge in [-0.3, -0.25) is 4.40 Å². The third-order valence-electron chi connectivity index (χ3n) is 10.9. The molecule has 11 rings (SSSR count). The summed E-state index contributed by atoms with van der Waals surface area (Å²) in [7, 11) is 0. The summed E-state index contributed by atoms with van der Waals surface area (Å²) < 4.78 is 2.20. The van der Waals surface area contributed by atoms with E-state index in [0.29, 0.717) is 17.5 Å². The van der Waals surface area contributed by atoms with Gasteiger partial charge in [0.05, 0.1) is 11.0 Å². The van der Waals surface area contributed by atoms with Crippen molar-refractivity contribution in [2.24, 2.45) is 0 Å². The molecule has 0 aliphatic carbocycles. The Morgan fingerprint density at radius 1 is 0.281 bits per heavy atom. The average molecular weight is 728 g/mol. The summed E-state index contributed by atoms with van der Waals surface area (Å²) in [5, 5.41) is 4.73. The van der Waals surface area contributed by atoms with E-state index in [1.807, 2.05) is 18.2 Å². The van der Waals surface area contributed by atoms with Crippen LogP contribution in [0.5, 0.6) is 0 Å². The molecule has 0 aliphatic heterocycles. The number of hydrogen-bond acceptors (Lipinski definition) is 4. The minimum absolute atomic E-state index is 0.625. The van der Waals surface area contributed by atoms with Crippen molar-refractivity contribution in [1.29, 1.82) is 0 Å². The molecule has 0 spiro atoms. The maximum atomic E-state index is 5.06. The van der Waals surface area contributed by atoms with Gasteiger partial charge in [-0.1, -0.05) is 176 Å². The summed E-state index contributed by atoms with van der Waals surface area (Å²) >= 11 is 0. The van der Waals surface area contributed by atoms with Gasteiger partial charge >= 0.3 is 0 Å². The Hall–Kier alpha value is -7.76. The number of pyridine rings is 1. The quantitative estimate of drug-likeness (QED) is 0.160. The third-order valence-corrected chi connectivity index (χ3v) is 10.9. The van der Waals surface area contributed by atoms with Gasteiger partial charge in [-0.2, -0.15) is 0 Å². The number of hydrogen-bond donors (Lipinski definition) is 0. The second kappa shape index (κ2) is 13.5. The molecular weight excluding hydrogens is 695 g/mol.